The van der Waals surface area contributed by atoms with Gasteiger partial charge in [0.05, 0.1) is 105 Å². The van der Waals surface area contributed by atoms with Gasteiger partial charge in [-0.2, -0.15) is 81.9 Å². The lowest BCUT2D eigenvalue weighted by Crippen LogP contribution is -2.57. The van der Waals surface area contributed by atoms with Gasteiger partial charge in [-0.1, -0.05) is 85.4 Å². The zero-order valence-corrected chi connectivity index (χ0v) is 82.5. The van der Waals surface area contributed by atoms with E-state index in [1.54, 1.807) is 65.8 Å². The fourth-order valence-electron chi connectivity index (χ4n) is 14.7. The van der Waals surface area contributed by atoms with Crippen molar-refractivity contribution in [2.45, 2.75) is 230 Å². The summed E-state index contributed by atoms with van der Waals surface area (Å²) in [7, 11) is 3.33. The first-order valence-electron chi connectivity index (χ1n) is 43.6. The third kappa shape index (κ3) is 32.6. The molecule has 9 rings (SSSR count). The van der Waals surface area contributed by atoms with E-state index in [4.69, 9.17) is 18.8 Å². The van der Waals surface area contributed by atoms with Crippen molar-refractivity contribution in [3.05, 3.63) is 171 Å². The van der Waals surface area contributed by atoms with Gasteiger partial charge in [-0.15, -0.1) is 0 Å². The van der Waals surface area contributed by atoms with Crippen LogP contribution in [0.4, 0.5) is 88.6 Å². The largest absolute Gasteiger partial charge is 0.498 e. The maximum Gasteiger partial charge on any atom is 0.498 e. The Balaban J connectivity index is 0.000000373. The van der Waals surface area contributed by atoms with Crippen LogP contribution in [0.25, 0.3) is 33.6 Å². The number of ketones is 2. The van der Waals surface area contributed by atoms with Crippen molar-refractivity contribution in [3.63, 3.8) is 0 Å². The normalized spacial score (nSPS) is 15.2. The minimum atomic E-state index is -5.07. The molecule has 790 valence electrons. The van der Waals surface area contributed by atoms with Crippen LogP contribution in [-0.4, -0.2) is 203 Å². The van der Waals surface area contributed by atoms with Crippen molar-refractivity contribution >= 4 is 82.7 Å². The van der Waals surface area contributed by atoms with Gasteiger partial charge in [0.25, 0.3) is 0 Å². The SMILES string of the molecule is C.CC1(C)OB(c2cnn(C(F)F)c2)OC1(C)C.COC(=O)C[C@H](C(=O)NN(Cc1c(F)cc(-c2ccn(C(F)F)n2)cc1F)C[C@H](O)[C@@H](CC(=O)[C@@H](NC(=O)OC)C(C)(C)C(F)(F)F)Cc1ccc(-c2cnn(C(F)F)c2)cc1)C(C)(C)C.COC(=O)C[C@H](C(=O)NN(Cc1c(F)cc(-c2ccn(C(F)F)n2)cc1F)C[C@H](O)[C@@H](CC(=O)[C@@H](NC(=O)OC)C(C)(C)C(F)(F)F)Cc1ccc(I)cc1)C(C)(C)C. The molecule has 50 heteroatoms. The first-order chi connectivity index (χ1) is 65.7. The predicted molar refractivity (Wildman–Crippen MR) is 492 cm³/mol. The highest BCUT2D eigenvalue weighted by atomic mass is 127. The number of hydrogen-bond acceptors (Lipinski definition) is 22. The van der Waals surface area contributed by atoms with Gasteiger partial charge in [-0.05, 0) is 179 Å². The highest BCUT2D eigenvalue weighted by Gasteiger charge is 2.58. The van der Waals surface area contributed by atoms with Crippen molar-refractivity contribution in [2.24, 2.45) is 45.3 Å². The number of Topliss-reactive ketones (excluding diaryl/α,β-unsaturated/α-hetero) is 2. The van der Waals surface area contributed by atoms with Crippen LogP contribution in [0.5, 0.6) is 0 Å². The van der Waals surface area contributed by atoms with Crippen LogP contribution >= 0.6 is 22.6 Å². The van der Waals surface area contributed by atoms with E-state index in [2.05, 4.69) is 40.7 Å². The molecule has 0 saturated carbocycles. The van der Waals surface area contributed by atoms with Gasteiger partial charge in [0, 0.05) is 107 Å². The Labute approximate surface area is 826 Å². The van der Waals surface area contributed by atoms with Crippen molar-refractivity contribution in [1.82, 2.24) is 70.6 Å². The summed E-state index contributed by atoms with van der Waals surface area (Å²) in [6.45, 7) is 5.44. The van der Waals surface area contributed by atoms with E-state index in [0.717, 1.165) is 97.0 Å². The van der Waals surface area contributed by atoms with Crippen molar-refractivity contribution in [1.29, 1.82) is 0 Å². The first-order valence-corrected chi connectivity index (χ1v) is 44.7. The number of nitrogens with one attached hydrogen (secondary N) is 4. The van der Waals surface area contributed by atoms with Gasteiger partial charge in [-0.3, -0.25) is 39.6 Å². The van der Waals surface area contributed by atoms with E-state index in [9.17, 15) is 110 Å². The number of alkyl carbamates (subject to hydrolysis) is 2. The highest BCUT2D eigenvalue weighted by Crippen LogP contribution is 2.45. The summed E-state index contributed by atoms with van der Waals surface area (Å²) in [4.78, 5) is 105. The summed E-state index contributed by atoms with van der Waals surface area (Å²) in [5.74, 6) is -15.4. The summed E-state index contributed by atoms with van der Waals surface area (Å²) in [6.07, 6.45) is -12.6. The van der Waals surface area contributed by atoms with E-state index < -0.39 is 260 Å². The van der Waals surface area contributed by atoms with Crippen LogP contribution in [0.3, 0.4) is 0 Å². The number of esters is 2. The molecule has 8 atom stereocenters. The maximum absolute atomic E-state index is 15.9. The molecule has 0 radical (unpaired) electrons. The van der Waals surface area contributed by atoms with E-state index in [0.29, 0.717) is 64.8 Å². The molecule has 5 heterocycles. The summed E-state index contributed by atoms with van der Waals surface area (Å²) in [5, 5.41) is 44.0. The Hall–Kier alpha value is -11.2. The quantitative estimate of drug-likeness (QED) is 0.00519. The van der Waals surface area contributed by atoms with Gasteiger partial charge >= 0.3 is 69.8 Å². The number of methoxy groups -OCH3 is 4. The van der Waals surface area contributed by atoms with Gasteiger partial charge < -0.3 is 49.1 Å². The van der Waals surface area contributed by atoms with E-state index >= 15 is 17.6 Å². The molecule has 0 spiro atoms. The number of halogens is 19. The van der Waals surface area contributed by atoms with E-state index in [1.807, 2.05) is 60.9 Å². The standard InChI is InChI=1S/C43H50F9N7O7.C39H47F7IN5O7.C10H15BF2N2O2.CH4/c1-41(2,3)29(18-35(62)65-6)37(63)56-57(21-28-30(44)15-25(16-31(28)45)32-12-13-58(55-32)38(46)47)22-34(61)26(17-33(60)36(54-40(64)66-7)42(4,5)43(50,51)52)14-23-8-10-24(11-9-23)27-19-53-59(20-27)39(48)49;1-37(2,3)26(18-32(55)58-6)34(56)50-51(19-25-27(40)15-22(16-28(25)41)29-12-13-52(49-29)35(42)43)20-31(54)23(14-21-8-10-24(47)11-9-21)17-30(53)33(48-36(57)59-7)38(4,5)39(44,45)46;1-9(2)10(3,4)17-11(16-9)7-5-14-15(6-7)8(12)13;/h8-13,15-16,19-20,26,29,34,36,38-39,61H,14,17-18,21-22H2,1-7H3,(H,54,64)(H,56,63);8-13,15-16,23,26,31,33,35,54H,14,17-20H2,1-7H3,(H,48,57)(H,50,56);5-6,8H,1-4H3;1H4/t26-,29-,34+,36-;23-,26-,31+,33-;;/m11../s1. The Bertz CT molecular complexity index is 5550. The topological polar surface area (TPSA) is 358 Å². The lowest BCUT2D eigenvalue weighted by Gasteiger charge is -2.37. The number of hydrogen-bond donors (Lipinski definition) is 6. The summed E-state index contributed by atoms with van der Waals surface area (Å²) in [5.41, 5.74) is -3.63. The number of aliphatic hydroxyl groups excluding tert-OH is 2. The molecule has 4 amide bonds. The number of carbonyl (C=O) groups excluding carboxylic acids is 8. The summed E-state index contributed by atoms with van der Waals surface area (Å²) < 4.78 is 286. The Morgan fingerprint density at radius 2 is 0.804 bits per heavy atom. The molecule has 4 aromatic carbocycles. The number of hydrazine groups is 2. The molecule has 6 N–H and O–H groups in total. The smallest absolute Gasteiger partial charge is 0.469 e. The minimum absolute atomic E-state index is 0. The van der Waals surface area contributed by atoms with Crippen molar-refractivity contribution in [3.8, 4) is 33.6 Å². The van der Waals surface area contributed by atoms with Crippen LogP contribution in [-0.2, 0) is 83.0 Å². The Morgan fingerprint density at radius 1 is 0.469 bits per heavy atom. The fraction of sp³-hybridized carbons (Fsp3) is 0.527. The Morgan fingerprint density at radius 3 is 1.10 bits per heavy atom. The monoisotopic (exact) mass is 2160 g/mol. The lowest BCUT2D eigenvalue weighted by molar-refractivity contribution is -0.220. The average Bonchev–Trinajstić information content (AvgIpc) is 1.42. The molecule has 0 unspecified atom stereocenters. The zero-order valence-electron chi connectivity index (χ0n) is 80.4. The van der Waals surface area contributed by atoms with Crippen LogP contribution < -0.4 is 26.9 Å². The molecular formula is C93H116BF18IN14O16. The zero-order chi connectivity index (χ0) is 107. The third-order valence-electron chi connectivity index (χ3n) is 24.3. The molecule has 1 aliphatic heterocycles. The molecule has 30 nitrogen and oxygen atoms in total. The number of alkyl halides is 14. The molecule has 0 bridgehead atoms. The van der Waals surface area contributed by atoms with Gasteiger partial charge in [0.2, 0.25) is 11.8 Å². The summed E-state index contributed by atoms with van der Waals surface area (Å²) >= 11 is 2.04. The molecule has 8 aromatic rings. The molecule has 143 heavy (non-hydrogen) atoms. The van der Waals surface area contributed by atoms with Crippen LogP contribution in [0.15, 0.2) is 122 Å². The van der Waals surface area contributed by atoms with Crippen LogP contribution in [0.2, 0.25) is 0 Å². The minimum Gasteiger partial charge on any atom is -0.469 e. The summed E-state index contributed by atoms with van der Waals surface area (Å²) in [6, 6.07) is 13.7. The number of benzene rings is 4. The maximum atomic E-state index is 15.9. The molecule has 0 aliphatic carbocycles. The number of rotatable bonds is 40. The van der Waals surface area contributed by atoms with E-state index in [-0.39, 0.29) is 52.1 Å². The second-order valence-electron chi connectivity index (χ2n) is 37.8. The number of nitrogens with zero attached hydrogens (tertiary/aromatic N) is 10. The van der Waals surface area contributed by atoms with Crippen LogP contribution in [0.1, 0.15) is 178 Å². The van der Waals surface area contributed by atoms with Crippen molar-refractivity contribution in [2.75, 3.05) is 41.5 Å². The highest BCUT2D eigenvalue weighted by molar-refractivity contribution is 14.1. The second-order valence-corrected chi connectivity index (χ2v) is 39.0. The second kappa shape index (κ2) is 50.0. The first kappa shape index (κ1) is 120. The Kier molecular flexibility index (Phi) is 42.2. The number of amides is 4. The lowest BCUT2D eigenvalue weighted by atomic mass is 9.77. The number of aliphatic hydroxyl groups is 2. The molecule has 1 fully saturated rings. The number of ether oxygens (including phenoxy) is 4. The van der Waals surface area contributed by atoms with Gasteiger partial charge in [0.1, 0.15) is 35.4 Å². The molecular weight excluding hydrogens is 2050 g/mol. The molecule has 1 aliphatic rings. The van der Waals surface area contributed by atoms with Gasteiger partial charge in [-0.25, -0.2) is 55.9 Å². The van der Waals surface area contributed by atoms with Crippen molar-refractivity contribution < 1.29 is 156 Å². The average molecular weight is 2170 g/mol. The third-order valence-corrected chi connectivity index (χ3v) is 25.0. The van der Waals surface area contributed by atoms with Crippen LogP contribution in [0, 0.1) is 72.2 Å². The van der Waals surface area contributed by atoms with E-state index in [1.165, 1.54) is 42.9 Å². The fourth-order valence-corrected chi connectivity index (χ4v) is 15.0. The van der Waals surface area contributed by atoms with Gasteiger partial charge in [0.15, 0.2) is 11.6 Å². The molecule has 1 saturated heterocycles. The predicted octanol–water partition coefficient (Wildman–Crippen LogP) is 17.6. The number of carbonyl (C=O) groups is 8. The molecule has 4 aromatic heterocycles. The number of aromatic nitrogens is 8.